The van der Waals surface area contributed by atoms with Crippen molar-refractivity contribution in [3.05, 3.63) is 77.6 Å². The molecule has 172 valence electrons. The van der Waals surface area contributed by atoms with Crippen molar-refractivity contribution in [2.24, 2.45) is 0 Å². The minimum absolute atomic E-state index is 0.229. The number of halogens is 1. The van der Waals surface area contributed by atoms with Gasteiger partial charge in [-0.25, -0.2) is 9.97 Å². The van der Waals surface area contributed by atoms with Crippen molar-refractivity contribution in [2.45, 2.75) is 6.92 Å². The second kappa shape index (κ2) is 9.75. The Labute approximate surface area is 203 Å². The lowest BCUT2D eigenvalue weighted by Gasteiger charge is -2.34. The van der Waals surface area contributed by atoms with Gasteiger partial charge in [0.15, 0.2) is 0 Å². The zero-order chi connectivity index (χ0) is 23.5. The topological polar surface area (TPSA) is 74.2 Å². The van der Waals surface area contributed by atoms with Crippen molar-refractivity contribution in [3.63, 3.8) is 0 Å². The number of likely N-dealkylation sites (N-methyl/N-ethyl adjacent to an activating group) is 1. The van der Waals surface area contributed by atoms with E-state index in [2.05, 4.69) is 37.0 Å². The zero-order valence-electron chi connectivity index (χ0n) is 18.9. The van der Waals surface area contributed by atoms with Crippen LogP contribution in [0.2, 0.25) is 5.02 Å². The van der Waals surface area contributed by atoms with Gasteiger partial charge in [-0.05, 0) is 49.0 Å². The molecule has 0 bridgehead atoms. The smallest absolute Gasteiger partial charge is 0.257 e. The standard InChI is InChI=1S/C26H25ClN6O/c1-2-32-11-13-33(14-12-32)25-10-7-18(16-29-25)26(34)30-19-8-9-21(27)20(15-19)24-17-28-22-5-3-4-6-23(22)31-24/h3-10,15-17H,2,11-14H2,1H3,(H,30,34). The molecule has 1 fully saturated rings. The van der Waals surface area contributed by atoms with E-state index in [1.54, 1.807) is 24.5 Å². The van der Waals surface area contributed by atoms with Gasteiger partial charge in [-0.2, -0.15) is 0 Å². The molecule has 8 heteroatoms. The molecule has 0 saturated carbocycles. The average Bonchev–Trinajstić information content (AvgIpc) is 2.89. The van der Waals surface area contributed by atoms with Crippen molar-refractivity contribution in [2.75, 3.05) is 42.9 Å². The Balaban J connectivity index is 1.31. The normalized spacial score (nSPS) is 14.4. The van der Waals surface area contributed by atoms with Gasteiger partial charge in [0.05, 0.1) is 33.5 Å². The van der Waals surface area contributed by atoms with Crippen LogP contribution in [0.15, 0.2) is 67.0 Å². The van der Waals surface area contributed by atoms with E-state index in [1.165, 1.54) is 0 Å². The number of carbonyl (C=O) groups is 1. The molecule has 34 heavy (non-hydrogen) atoms. The van der Waals surface area contributed by atoms with E-state index in [1.807, 2.05) is 42.5 Å². The molecule has 2 aromatic heterocycles. The lowest BCUT2D eigenvalue weighted by Crippen LogP contribution is -2.46. The van der Waals surface area contributed by atoms with Crippen LogP contribution in [-0.2, 0) is 0 Å². The average molecular weight is 473 g/mol. The molecule has 1 aliphatic heterocycles. The summed E-state index contributed by atoms with van der Waals surface area (Å²) in [6.45, 7) is 7.19. The van der Waals surface area contributed by atoms with Crippen molar-refractivity contribution < 1.29 is 4.79 Å². The molecule has 2 aromatic carbocycles. The first-order valence-electron chi connectivity index (χ1n) is 11.4. The second-order valence-electron chi connectivity index (χ2n) is 8.22. The van der Waals surface area contributed by atoms with E-state index in [4.69, 9.17) is 11.6 Å². The number of rotatable bonds is 5. The Bertz CT molecular complexity index is 1320. The minimum atomic E-state index is -0.229. The van der Waals surface area contributed by atoms with Crippen LogP contribution in [-0.4, -0.2) is 58.5 Å². The van der Waals surface area contributed by atoms with Crippen LogP contribution in [0.4, 0.5) is 11.5 Å². The number of amides is 1. The fourth-order valence-electron chi connectivity index (χ4n) is 4.09. The lowest BCUT2D eigenvalue weighted by molar-refractivity contribution is 0.102. The van der Waals surface area contributed by atoms with Crippen LogP contribution in [0, 0.1) is 0 Å². The Hall–Kier alpha value is -3.55. The SMILES string of the molecule is CCN1CCN(c2ccc(C(=O)Nc3ccc(Cl)c(-c4cnc5ccccc5n4)c3)cn2)CC1. The highest BCUT2D eigenvalue weighted by molar-refractivity contribution is 6.33. The van der Waals surface area contributed by atoms with Crippen LogP contribution >= 0.6 is 11.6 Å². The van der Waals surface area contributed by atoms with E-state index < -0.39 is 0 Å². The highest BCUT2D eigenvalue weighted by Crippen LogP contribution is 2.30. The number of anilines is 2. The third-order valence-corrected chi connectivity index (χ3v) is 6.43. The van der Waals surface area contributed by atoms with E-state index in [-0.39, 0.29) is 5.91 Å². The molecular weight excluding hydrogens is 448 g/mol. The summed E-state index contributed by atoms with van der Waals surface area (Å²) in [5, 5.41) is 3.48. The van der Waals surface area contributed by atoms with Crippen LogP contribution in [0.3, 0.4) is 0 Å². The third kappa shape index (κ3) is 4.71. The maximum absolute atomic E-state index is 12.9. The van der Waals surface area contributed by atoms with Crippen LogP contribution in [0.25, 0.3) is 22.3 Å². The van der Waals surface area contributed by atoms with Crippen molar-refractivity contribution >= 4 is 40.0 Å². The third-order valence-electron chi connectivity index (χ3n) is 6.10. The van der Waals surface area contributed by atoms with Crippen LogP contribution < -0.4 is 10.2 Å². The van der Waals surface area contributed by atoms with E-state index >= 15 is 0 Å². The molecule has 1 amide bonds. The summed E-state index contributed by atoms with van der Waals surface area (Å²) in [4.78, 5) is 31.2. The highest BCUT2D eigenvalue weighted by Gasteiger charge is 2.17. The quantitative estimate of drug-likeness (QED) is 0.452. The van der Waals surface area contributed by atoms with Crippen molar-refractivity contribution in [1.29, 1.82) is 0 Å². The number of piperazine rings is 1. The molecule has 0 spiro atoms. The fraction of sp³-hybridized carbons (Fsp3) is 0.231. The molecule has 3 heterocycles. The number of benzene rings is 2. The Morgan fingerprint density at radius 1 is 0.971 bits per heavy atom. The number of carbonyl (C=O) groups excluding carboxylic acids is 1. The first-order chi connectivity index (χ1) is 16.6. The van der Waals surface area contributed by atoms with E-state index in [0.717, 1.165) is 49.6 Å². The van der Waals surface area contributed by atoms with Gasteiger partial charge in [0.25, 0.3) is 5.91 Å². The first kappa shape index (κ1) is 22.3. The lowest BCUT2D eigenvalue weighted by atomic mass is 10.1. The Kier molecular flexibility index (Phi) is 6.38. The van der Waals surface area contributed by atoms with E-state index in [9.17, 15) is 4.79 Å². The molecule has 7 nitrogen and oxygen atoms in total. The van der Waals surface area contributed by atoms with Gasteiger partial charge in [-0.1, -0.05) is 30.7 Å². The Morgan fingerprint density at radius 2 is 1.76 bits per heavy atom. The van der Waals surface area contributed by atoms with Crippen molar-refractivity contribution in [1.82, 2.24) is 19.9 Å². The molecule has 0 atom stereocenters. The van der Waals surface area contributed by atoms with Gasteiger partial charge in [-0.3, -0.25) is 9.78 Å². The number of fused-ring (bicyclic) bond motifs is 1. The first-order valence-corrected chi connectivity index (χ1v) is 11.7. The van der Waals surface area contributed by atoms with Gasteiger partial charge in [-0.15, -0.1) is 0 Å². The number of para-hydroxylation sites is 2. The number of hydrogen-bond acceptors (Lipinski definition) is 6. The number of nitrogens with zero attached hydrogens (tertiary/aromatic N) is 5. The molecule has 1 aliphatic rings. The fourth-order valence-corrected chi connectivity index (χ4v) is 4.30. The molecule has 1 saturated heterocycles. The van der Waals surface area contributed by atoms with Crippen LogP contribution in [0.5, 0.6) is 0 Å². The maximum atomic E-state index is 12.9. The van der Waals surface area contributed by atoms with Gasteiger partial charge in [0.1, 0.15) is 5.82 Å². The van der Waals surface area contributed by atoms with Crippen LogP contribution in [0.1, 0.15) is 17.3 Å². The molecular formula is C26H25ClN6O. The van der Waals surface area contributed by atoms with Gasteiger partial charge < -0.3 is 15.1 Å². The van der Waals surface area contributed by atoms with Gasteiger partial charge in [0.2, 0.25) is 0 Å². The minimum Gasteiger partial charge on any atom is -0.354 e. The summed E-state index contributed by atoms with van der Waals surface area (Å²) >= 11 is 6.45. The van der Waals surface area contributed by atoms with Crippen molar-refractivity contribution in [3.8, 4) is 11.3 Å². The summed E-state index contributed by atoms with van der Waals surface area (Å²) in [6.07, 6.45) is 3.32. The number of hydrogen-bond donors (Lipinski definition) is 1. The summed E-state index contributed by atoms with van der Waals surface area (Å²) in [6, 6.07) is 16.7. The zero-order valence-corrected chi connectivity index (χ0v) is 19.7. The molecule has 1 N–H and O–H groups in total. The molecule has 5 rings (SSSR count). The molecule has 4 aromatic rings. The molecule has 0 radical (unpaired) electrons. The summed E-state index contributed by atoms with van der Waals surface area (Å²) in [5.41, 5.74) is 4.08. The Morgan fingerprint density at radius 3 is 2.50 bits per heavy atom. The summed E-state index contributed by atoms with van der Waals surface area (Å²) < 4.78 is 0. The summed E-state index contributed by atoms with van der Waals surface area (Å²) in [5.74, 6) is 0.670. The molecule has 0 unspecified atom stereocenters. The largest absolute Gasteiger partial charge is 0.354 e. The molecule has 0 aliphatic carbocycles. The monoisotopic (exact) mass is 472 g/mol. The summed E-state index contributed by atoms with van der Waals surface area (Å²) in [7, 11) is 0. The predicted molar refractivity (Wildman–Crippen MR) is 137 cm³/mol. The maximum Gasteiger partial charge on any atom is 0.257 e. The van der Waals surface area contributed by atoms with Gasteiger partial charge in [0, 0.05) is 43.6 Å². The highest BCUT2D eigenvalue weighted by atomic mass is 35.5. The number of pyridine rings is 1. The second-order valence-corrected chi connectivity index (χ2v) is 8.63. The number of aromatic nitrogens is 3. The predicted octanol–water partition coefficient (Wildman–Crippen LogP) is 4.74. The van der Waals surface area contributed by atoms with Gasteiger partial charge >= 0.3 is 0 Å². The van der Waals surface area contributed by atoms with E-state index in [0.29, 0.717) is 27.5 Å². The number of nitrogens with one attached hydrogen (secondary N) is 1.